The number of ketones is 1. The van der Waals surface area contributed by atoms with Crippen molar-refractivity contribution in [2.45, 2.75) is 6.92 Å². The zero-order valence-corrected chi connectivity index (χ0v) is 14.5. The minimum atomic E-state index is -0.736. The third-order valence-corrected chi connectivity index (χ3v) is 3.86. The van der Waals surface area contributed by atoms with Crippen LogP contribution >= 0.6 is 11.6 Å². The number of nitrogens with one attached hydrogen (secondary N) is 1. The lowest BCUT2D eigenvalue weighted by Crippen LogP contribution is -2.22. The first-order valence-corrected chi connectivity index (χ1v) is 7.99. The highest BCUT2D eigenvalue weighted by molar-refractivity contribution is 6.32. The van der Waals surface area contributed by atoms with Gasteiger partial charge in [-0.1, -0.05) is 23.7 Å². The average molecular weight is 376 g/mol. The third kappa shape index (κ3) is 3.78. The van der Waals surface area contributed by atoms with Crippen molar-refractivity contribution in [2.75, 3.05) is 18.7 Å². The molecule has 0 aromatic heterocycles. The van der Waals surface area contributed by atoms with Crippen LogP contribution in [0.3, 0.4) is 0 Å². The lowest BCUT2D eigenvalue weighted by Gasteiger charge is -2.10. The fraction of sp³-hybridized carbons (Fsp3) is 0.167. The van der Waals surface area contributed by atoms with Crippen LogP contribution in [0, 0.1) is 0 Å². The van der Waals surface area contributed by atoms with Gasteiger partial charge in [-0.15, -0.1) is 0 Å². The van der Waals surface area contributed by atoms with Gasteiger partial charge >= 0.3 is 5.97 Å². The van der Waals surface area contributed by atoms with Crippen molar-refractivity contribution >= 4 is 34.9 Å². The number of halogens is 1. The van der Waals surface area contributed by atoms with E-state index in [1.807, 2.05) is 0 Å². The van der Waals surface area contributed by atoms with Crippen LogP contribution in [-0.2, 0) is 9.53 Å². The highest BCUT2D eigenvalue weighted by Crippen LogP contribution is 2.39. The predicted octanol–water partition coefficient (Wildman–Crippen LogP) is 3.07. The molecular weight excluding hydrogens is 362 g/mol. The summed E-state index contributed by atoms with van der Waals surface area (Å²) in [5, 5.41) is 2.76. The zero-order chi connectivity index (χ0) is 18.7. The summed E-state index contributed by atoms with van der Waals surface area (Å²) >= 11 is 6.01. The molecule has 0 unspecified atom stereocenters. The lowest BCUT2D eigenvalue weighted by atomic mass is 10.1. The molecule has 0 saturated carbocycles. The number of carbonyl (C=O) groups is 3. The van der Waals surface area contributed by atoms with Gasteiger partial charge in [-0.05, 0) is 31.2 Å². The number of hydrogen-bond acceptors (Lipinski definition) is 6. The van der Waals surface area contributed by atoms with Gasteiger partial charge < -0.3 is 19.5 Å². The SMILES string of the molecule is CC(=O)c1ccccc1NC(=O)COC(=O)c1cc(Cl)c2c(c1)OCO2. The van der Waals surface area contributed by atoms with Crippen molar-refractivity contribution in [2.24, 2.45) is 0 Å². The molecule has 3 rings (SSSR count). The molecule has 2 aromatic rings. The number of benzene rings is 2. The van der Waals surface area contributed by atoms with Gasteiger partial charge in [0.25, 0.3) is 5.91 Å². The van der Waals surface area contributed by atoms with E-state index in [2.05, 4.69) is 5.32 Å². The summed E-state index contributed by atoms with van der Waals surface area (Å²) in [6.45, 7) is 0.900. The van der Waals surface area contributed by atoms with Crippen LogP contribution in [0.5, 0.6) is 11.5 Å². The van der Waals surface area contributed by atoms with Crippen LogP contribution < -0.4 is 14.8 Å². The van der Waals surface area contributed by atoms with Gasteiger partial charge in [0.15, 0.2) is 23.9 Å². The molecule has 1 amide bonds. The molecule has 1 aliphatic heterocycles. The maximum atomic E-state index is 12.1. The van der Waals surface area contributed by atoms with E-state index in [0.29, 0.717) is 22.7 Å². The Balaban J connectivity index is 1.63. The molecular formula is C18H14ClNO6. The largest absolute Gasteiger partial charge is 0.454 e. The van der Waals surface area contributed by atoms with Crippen molar-refractivity contribution in [3.05, 3.63) is 52.5 Å². The Hall–Kier alpha value is -3.06. The molecule has 0 radical (unpaired) electrons. The number of carbonyl (C=O) groups excluding carboxylic acids is 3. The molecule has 0 spiro atoms. The number of hydrogen-bond donors (Lipinski definition) is 1. The molecule has 134 valence electrons. The van der Waals surface area contributed by atoms with Crippen LogP contribution in [0.15, 0.2) is 36.4 Å². The number of fused-ring (bicyclic) bond motifs is 1. The van der Waals surface area contributed by atoms with E-state index in [1.165, 1.54) is 19.1 Å². The molecule has 0 bridgehead atoms. The normalized spacial score (nSPS) is 11.8. The van der Waals surface area contributed by atoms with Crippen molar-refractivity contribution in [1.29, 1.82) is 0 Å². The van der Waals surface area contributed by atoms with Crippen LogP contribution in [0.25, 0.3) is 0 Å². The van der Waals surface area contributed by atoms with Gasteiger partial charge in [0, 0.05) is 5.56 Å². The van der Waals surface area contributed by atoms with E-state index < -0.39 is 18.5 Å². The molecule has 8 heteroatoms. The number of esters is 1. The Morgan fingerprint density at radius 1 is 1.19 bits per heavy atom. The van der Waals surface area contributed by atoms with Crippen molar-refractivity contribution in [3.8, 4) is 11.5 Å². The van der Waals surface area contributed by atoms with Crippen molar-refractivity contribution in [1.82, 2.24) is 0 Å². The fourth-order valence-electron chi connectivity index (χ4n) is 2.39. The molecule has 0 atom stereocenters. The molecule has 1 aliphatic rings. The number of rotatable bonds is 5. The Bertz CT molecular complexity index is 895. The molecule has 1 N–H and O–H groups in total. The Morgan fingerprint density at radius 3 is 2.73 bits per heavy atom. The number of Topliss-reactive ketones (excluding diaryl/α,β-unsaturated/α-hetero) is 1. The molecule has 1 heterocycles. The summed E-state index contributed by atoms with van der Waals surface area (Å²) in [5.74, 6) is -0.793. The monoisotopic (exact) mass is 375 g/mol. The van der Waals surface area contributed by atoms with E-state index in [-0.39, 0.29) is 23.2 Å². The summed E-state index contributed by atoms with van der Waals surface area (Å²) in [7, 11) is 0. The zero-order valence-electron chi connectivity index (χ0n) is 13.7. The quantitative estimate of drug-likeness (QED) is 0.638. The fourth-order valence-corrected chi connectivity index (χ4v) is 2.65. The molecule has 7 nitrogen and oxygen atoms in total. The van der Waals surface area contributed by atoms with Crippen LogP contribution in [0.1, 0.15) is 27.6 Å². The maximum absolute atomic E-state index is 12.1. The Morgan fingerprint density at radius 2 is 1.96 bits per heavy atom. The highest BCUT2D eigenvalue weighted by atomic mass is 35.5. The topological polar surface area (TPSA) is 90.9 Å². The van der Waals surface area contributed by atoms with E-state index in [1.54, 1.807) is 24.3 Å². The second-order valence-electron chi connectivity index (χ2n) is 5.42. The van der Waals surface area contributed by atoms with E-state index in [0.717, 1.165) is 0 Å². The smallest absolute Gasteiger partial charge is 0.338 e. The molecule has 0 fully saturated rings. The Labute approximate surface area is 153 Å². The third-order valence-electron chi connectivity index (χ3n) is 3.58. The summed E-state index contributed by atoms with van der Waals surface area (Å²) < 4.78 is 15.3. The van der Waals surface area contributed by atoms with Gasteiger partial charge in [-0.2, -0.15) is 0 Å². The van der Waals surface area contributed by atoms with Crippen LogP contribution in [-0.4, -0.2) is 31.1 Å². The number of ether oxygens (including phenoxy) is 3. The molecule has 0 saturated heterocycles. The van der Waals surface area contributed by atoms with E-state index in [9.17, 15) is 14.4 Å². The van der Waals surface area contributed by atoms with Gasteiger partial charge in [0.2, 0.25) is 6.79 Å². The molecule has 26 heavy (non-hydrogen) atoms. The molecule has 2 aromatic carbocycles. The van der Waals surface area contributed by atoms with Crippen molar-refractivity contribution < 1.29 is 28.6 Å². The molecule has 0 aliphatic carbocycles. The van der Waals surface area contributed by atoms with Crippen LogP contribution in [0.4, 0.5) is 5.69 Å². The number of anilines is 1. The first kappa shape index (κ1) is 17.8. The summed E-state index contributed by atoms with van der Waals surface area (Å²) in [6.07, 6.45) is 0. The summed E-state index contributed by atoms with van der Waals surface area (Å²) in [5.41, 5.74) is 0.859. The highest BCUT2D eigenvalue weighted by Gasteiger charge is 2.22. The first-order valence-electron chi connectivity index (χ1n) is 7.62. The standard InChI is InChI=1S/C18H14ClNO6/c1-10(21)12-4-2-3-5-14(12)20-16(22)8-24-18(23)11-6-13(19)17-15(7-11)25-9-26-17/h2-7H,8-9H2,1H3,(H,20,22). The van der Waals surface area contributed by atoms with Gasteiger partial charge in [0.05, 0.1) is 16.3 Å². The number of para-hydroxylation sites is 1. The average Bonchev–Trinajstić information content (AvgIpc) is 3.09. The van der Waals surface area contributed by atoms with Crippen LogP contribution in [0.2, 0.25) is 5.02 Å². The second kappa shape index (κ2) is 7.45. The Kier molecular flexibility index (Phi) is 5.09. The minimum Gasteiger partial charge on any atom is -0.454 e. The summed E-state index contributed by atoms with van der Waals surface area (Å²) in [4.78, 5) is 35.7. The summed E-state index contributed by atoms with van der Waals surface area (Å²) in [6, 6.07) is 9.37. The van der Waals surface area contributed by atoms with Crippen molar-refractivity contribution in [3.63, 3.8) is 0 Å². The maximum Gasteiger partial charge on any atom is 0.338 e. The lowest BCUT2D eigenvalue weighted by molar-refractivity contribution is -0.119. The van der Waals surface area contributed by atoms with Gasteiger partial charge in [0.1, 0.15) is 0 Å². The van der Waals surface area contributed by atoms with Gasteiger partial charge in [-0.25, -0.2) is 4.79 Å². The second-order valence-corrected chi connectivity index (χ2v) is 5.83. The van der Waals surface area contributed by atoms with E-state index >= 15 is 0 Å². The first-order chi connectivity index (χ1) is 12.5. The minimum absolute atomic E-state index is 0.0194. The van der Waals surface area contributed by atoms with E-state index in [4.69, 9.17) is 25.8 Å². The predicted molar refractivity (Wildman–Crippen MR) is 92.9 cm³/mol. The number of amides is 1. The van der Waals surface area contributed by atoms with Gasteiger partial charge in [-0.3, -0.25) is 9.59 Å².